The zero-order valence-corrected chi connectivity index (χ0v) is 12.6. The lowest BCUT2D eigenvalue weighted by atomic mass is 9.99. The van der Waals surface area contributed by atoms with Crippen molar-refractivity contribution in [3.63, 3.8) is 0 Å². The maximum absolute atomic E-state index is 11.9. The molecule has 1 aromatic carbocycles. The SMILES string of the molecule is Cc1cc(C(C)C(=O)OC(C)(C)C)ccc1Br. The minimum atomic E-state index is -0.435. The summed E-state index contributed by atoms with van der Waals surface area (Å²) in [5.74, 6) is -0.416. The summed E-state index contributed by atoms with van der Waals surface area (Å²) in [6.07, 6.45) is 0. The van der Waals surface area contributed by atoms with Crippen LogP contribution < -0.4 is 0 Å². The number of halogens is 1. The summed E-state index contributed by atoms with van der Waals surface area (Å²) in [6, 6.07) is 5.93. The topological polar surface area (TPSA) is 26.3 Å². The number of hydrogen-bond donors (Lipinski definition) is 0. The number of carbonyl (C=O) groups excluding carboxylic acids is 1. The van der Waals surface area contributed by atoms with Gasteiger partial charge in [0, 0.05) is 4.47 Å². The third-order valence-corrected chi connectivity index (χ3v) is 3.33. The number of hydrogen-bond acceptors (Lipinski definition) is 2. The second-order valence-electron chi connectivity index (χ2n) is 5.26. The van der Waals surface area contributed by atoms with E-state index in [2.05, 4.69) is 15.9 Å². The van der Waals surface area contributed by atoms with Gasteiger partial charge in [0.15, 0.2) is 0 Å². The zero-order chi connectivity index (χ0) is 13.2. The van der Waals surface area contributed by atoms with Gasteiger partial charge in [-0.15, -0.1) is 0 Å². The van der Waals surface area contributed by atoms with Crippen LogP contribution in [0.2, 0.25) is 0 Å². The molecule has 3 heteroatoms. The highest BCUT2D eigenvalue weighted by molar-refractivity contribution is 9.10. The van der Waals surface area contributed by atoms with Crippen molar-refractivity contribution in [2.75, 3.05) is 0 Å². The number of aryl methyl sites for hydroxylation is 1. The van der Waals surface area contributed by atoms with Crippen molar-refractivity contribution in [3.05, 3.63) is 33.8 Å². The van der Waals surface area contributed by atoms with Crippen LogP contribution in [0, 0.1) is 6.92 Å². The fourth-order valence-electron chi connectivity index (χ4n) is 1.46. The molecule has 0 amide bonds. The van der Waals surface area contributed by atoms with Crippen molar-refractivity contribution < 1.29 is 9.53 Å². The summed E-state index contributed by atoms with van der Waals surface area (Å²) in [4.78, 5) is 11.9. The highest BCUT2D eigenvalue weighted by Crippen LogP contribution is 2.24. The van der Waals surface area contributed by atoms with Crippen LogP contribution in [0.3, 0.4) is 0 Å². The molecule has 0 aromatic heterocycles. The van der Waals surface area contributed by atoms with Crippen LogP contribution in [0.25, 0.3) is 0 Å². The highest BCUT2D eigenvalue weighted by atomic mass is 79.9. The van der Waals surface area contributed by atoms with Gasteiger partial charge in [0.25, 0.3) is 0 Å². The molecule has 0 N–H and O–H groups in total. The van der Waals surface area contributed by atoms with Gasteiger partial charge in [0.05, 0.1) is 5.92 Å². The minimum Gasteiger partial charge on any atom is -0.460 e. The van der Waals surface area contributed by atoms with E-state index in [0.29, 0.717) is 0 Å². The number of ether oxygens (including phenoxy) is 1. The lowest BCUT2D eigenvalue weighted by Crippen LogP contribution is -2.26. The molecule has 0 spiro atoms. The predicted octanol–water partition coefficient (Wildman–Crippen LogP) is 4.20. The van der Waals surface area contributed by atoms with Crippen LogP contribution in [-0.2, 0) is 9.53 Å². The van der Waals surface area contributed by atoms with E-state index >= 15 is 0 Å². The fourth-order valence-corrected chi connectivity index (χ4v) is 1.71. The Kier molecular flexibility index (Phi) is 4.36. The number of esters is 1. The lowest BCUT2D eigenvalue weighted by Gasteiger charge is -2.22. The normalized spacial score (nSPS) is 13.3. The molecule has 0 saturated heterocycles. The molecule has 0 aliphatic carbocycles. The molecule has 1 rings (SSSR count). The third-order valence-electron chi connectivity index (χ3n) is 2.44. The van der Waals surface area contributed by atoms with Crippen LogP contribution in [0.1, 0.15) is 44.7 Å². The van der Waals surface area contributed by atoms with E-state index in [1.165, 1.54) is 0 Å². The van der Waals surface area contributed by atoms with Gasteiger partial charge < -0.3 is 4.74 Å². The Bertz CT molecular complexity index is 419. The lowest BCUT2D eigenvalue weighted by molar-refractivity contribution is -0.156. The van der Waals surface area contributed by atoms with E-state index in [-0.39, 0.29) is 11.9 Å². The van der Waals surface area contributed by atoms with Gasteiger partial charge in [0.2, 0.25) is 0 Å². The minimum absolute atomic E-state index is 0.181. The molecular weight excluding hydrogens is 280 g/mol. The summed E-state index contributed by atoms with van der Waals surface area (Å²) in [7, 11) is 0. The number of carbonyl (C=O) groups is 1. The molecule has 17 heavy (non-hydrogen) atoms. The number of benzene rings is 1. The van der Waals surface area contributed by atoms with E-state index in [9.17, 15) is 4.79 Å². The van der Waals surface area contributed by atoms with Gasteiger partial charge in [-0.05, 0) is 51.8 Å². The van der Waals surface area contributed by atoms with E-state index in [1.807, 2.05) is 52.8 Å². The molecule has 0 aliphatic heterocycles. The fraction of sp³-hybridized carbons (Fsp3) is 0.500. The highest BCUT2D eigenvalue weighted by Gasteiger charge is 2.23. The molecule has 1 aromatic rings. The Morgan fingerprint density at radius 2 is 1.94 bits per heavy atom. The first-order chi connectivity index (χ1) is 7.70. The van der Waals surface area contributed by atoms with Gasteiger partial charge in [0.1, 0.15) is 5.60 Å². The van der Waals surface area contributed by atoms with E-state index < -0.39 is 5.60 Å². The molecule has 2 nitrogen and oxygen atoms in total. The summed E-state index contributed by atoms with van der Waals surface area (Å²) in [5, 5.41) is 0. The van der Waals surface area contributed by atoms with E-state index in [0.717, 1.165) is 15.6 Å². The Hall–Kier alpha value is -0.830. The maximum Gasteiger partial charge on any atom is 0.313 e. The van der Waals surface area contributed by atoms with Crippen LogP contribution in [0.15, 0.2) is 22.7 Å². The molecule has 1 atom stereocenters. The molecule has 0 aliphatic rings. The van der Waals surface area contributed by atoms with Crippen LogP contribution in [-0.4, -0.2) is 11.6 Å². The monoisotopic (exact) mass is 298 g/mol. The van der Waals surface area contributed by atoms with Gasteiger partial charge in [-0.1, -0.05) is 28.1 Å². The third kappa shape index (κ3) is 4.15. The Balaban J connectivity index is 2.85. The first kappa shape index (κ1) is 14.2. The van der Waals surface area contributed by atoms with Crippen molar-refractivity contribution in [1.29, 1.82) is 0 Å². The van der Waals surface area contributed by atoms with Crippen LogP contribution in [0.5, 0.6) is 0 Å². The Morgan fingerprint density at radius 3 is 2.41 bits per heavy atom. The van der Waals surface area contributed by atoms with Gasteiger partial charge in [-0.3, -0.25) is 4.79 Å². The van der Waals surface area contributed by atoms with Gasteiger partial charge in [-0.25, -0.2) is 0 Å². The van der Waals surface area contributed by atoms with E-state index in [4.69, 9.17) is 4.74 Å². The Morgan fingerprint density at radius 1 is 1.35 bits per heavy atom. The molecule has 0 saturated carbocycles. The standard InChI is InChI=1S/C14H19BrO2/c1-9-8-11(6-7-12(9)15)10(2)13(16)17-14(3,4)5/h6-8,10H,1-5H3. The van der Waals surface area contributed by atoms with Crippen molar-refractivity contribution in [2.45, 2.75) is 46.1 Å². The zero-order valence-electron chi connectivity index (χ0n) is 11.0. The molecule has 0 fully saturated rings. The largest absolute Gasteiger partial charge is 0.460 e. The quantitative estimate of drug-likeness (QED) is 0.765. The molecule has 94 valence electrons. The first-order valence-corrected chi connectivity index (χ1v) is 6.49. The van der Waals surface area contributed by atoms with Crippen LogP contribution in [0.4, 0.5) is 0 Å². The number of rotatable bonds is 2. The van der Waals surface area contributed by atoms with Crippen LogP contribution >= 0.6 is 15.9 Å². The van der Waals surface area contributed by atoms with Crippen molar-refractivity contribution in [2.24, 2.45) is 0 Å². The van der Waals surface area contributed by atoms with E-state index in [1.54, 1.807) is 0 Å². The Labute approximate surface area is 111 Å². The summed E-state index contributed by atoms with van der Waals surface area (Å²) in [5.41, 5.74) is 1.67. The maximum atomic E-state index is 11.9. The summed E-state index contributed by atoms with van der Waals surface area (Å²) in [6.45, 7) is 9.52. The van der Waals surface area contributed by atoms with Crippen molar-refractivity contribution in [3.8, 4) is 0 Å². The molecule has 0 bridgehead atoms. The predicted molar refractivity (Wildman–Crippen MR) is 73.1 cm³/mol. The average molecular weight is 299 g/mol. The smallest absolute Gasteiger partial charge is 0.313 e. The average Bonchev–Trinajstić information content (AvgIpc) is 2.18. The van der Waals surface area contributed by atoms with Gasteiger partial charge >= 0.3 is 5.97 Å². The second kappa shape index (κ2) is 5.21. The second-order valence-corrected chi connectivity index (χ2v) is 6.12. The summed E-state index contributed by atoms with van der Waals surface area (Å²) < 4.78 is 6.43. The molecular formula is C14H19BrO2. The molecule has 0 radical (unpaired) electrons. The van der Waals surface area contributed by atoms with Crippen molar-refractivity contribution >= 4 is 21.9 Å². The molecule has 0 heterocycles. The first-order valence-electron chi connectivity index (χ1n) is 5.69. The van der Waals surface area contributed by atoms with Gasteiger partial charge in [-0.2, -0.15) is 0 Å². The molecule has 1 unspecified atom stereocenters. The van der Waals surface area contributed by atoms with Crippen molar-refractivity contribution in [1.82, 2.24) is 0 Å². The summed E-state index contributed by atoms with van der Waals surface area (Å²) >= 11 is 3.45.